The fourth-order valence-corrected chi connectivity index (χ4v) is 3.56. The van der Waals surface area contributed by atoms with Gasteiger partial charge in [0.15, 0.2) is 6.29 Å². The zero-order chi connectivity index (χ0) is 17.0. The first-order chi connectivity index (χ1) is 10.9. The van der Waals surface area contributed by atoms with Crippen LogP contribution in [0.4, 0.5) is 5.69 Å². The van der Waals surface area contributed by atoms with E-state index in [1.807, 2.05) is 6.92 Å². The third-order valence-corrected chi connectivity index (χ3v) is 5.15. The average molecular weight is 400 g/mol. The van der Waals surface area contributed by atoms with Gasteiger partial charge in [0.2, 0.25) is 0 Å². The molecule has 0 aliphatic rings. The maximum atomic E-state index is 12.5. The van der Waals surface area contributed by atoms with E-state index in [0.717, 1.165) is 10.0 Å². The number of hydrogen-bond acceptors (Lipinski definition) is 4. The van der Waals surface area contributed by atoms with E-state index < -0.39 is 16.3 Å². The number of anilines is 1. The second-order valence-corrected chi connectivity index (χ2v) is 7.55. The van der Waals surface area contributed by atoms with Gasteiger partial charge in [-0.3, -0.25) is 4.72 Å². The number of ether oxygens (including phenoxy) is 2. The van der Waals surface area contributed by atoms with Crippen LogP contribution in [0.5, 0.6) is 0 Å². The molecule has 23 heavy (non-hydrogen) atoms. The monoisotopic (exact) mass is 399 g/mol. The summed E-state index contributed by atoms with van der Waals surface area (Å²) < 4.78 is 39.0. The topological polar surface area (TPSA) is 64.6 Å². The lowest BCUT2D eigenvalue weighted by Gasteiger charge is -2.19. The number of halogens is 1. The van der Waals surface area contributed by atoms with Crippen molar-refractivity contribution in [3.8, 4) is 0 Å². The fraction of sp³-hybridized carbons (Fsp3) is 0.250. The third-order valence-electron chi connectivity index (χ3n) is 3.27. The van der Waals surface area contributed by atoms with E-state index in [1.54, 1.807) is 42.5 Å². The number of sulfonamides is 1. The van der Waals surface area contributed by atoms with Crippen LogP contribution >= 0.6 is 15.9 Å². The maximum absolute atomic E-state index is 12.5. The van der Waals surface area contributed by atoms with Gasteiger partial charge in [0.05, 0.1) is 10.6 Å². The summed E-state index contributed by atoms with van der Waals surface area (Å²) in [7, 11) is -0.705. The molecule has 0 aliphatic carbocycles. The quantitative estimate of drug-likeness (QED) is 0.749. The molecule has 0 heterocycles. The smallest absolute Gasteiger partial charge is 0.261 e. The number of aryl methyl sites for hydroxylation is 1. The second kappa shape index (κ2) is 7.44. The lowest BCUT2D eigenvalue weighted by molar-refractivity contribution is -0.105. The zero-order valence-electron chi connectivity index (χ0n) is 13.0. The lowest BCUT2D eigenvalue weighted by Crippen LogP contribution is -2.16. The maximum Gasteiger partial charge on any atom is 0.261 e. The normalized spacial score (nSPS) is 11.7. The molecule has 0 bridgehead atoms. The van der Waals surface area contributed by atoms with Crippen LogP contribution in [0.25, 0.3) is 0 Å². The van der Waals surface area contributed by atoms with Crippen LogP contribution in [0, 0.1) is 6.92 Å². The van der Waals surface area contributed by atoms with Gasteiger partial charge in [0.1, 0.15) is 0 Å². The molecule has 2 aromatic carbocycles. The van der Waals surface area contributed by atoms with Crippen molar-refractivity contribution in [3.05, 3.63) is 58.1 Å². The van der Waals surface area contributed by atoms with Crippen molar-refractivity contribution in [1.29, 1.82) is 0 Å². The Morgan fingerprint density at radius 1 is 1.04 bits per heavy atom. The Morgan fingerprint density at radius 3 is 2.22 bits per heavy atom. The van der Waals surface area contributed by atoms with Gasteiger partial charge in [-0.25, -0.2) is 8.42 Å². The van der Waals surface area contributed by atoms with Crippen LogP contribution in [-0.2, 0) is 19.5 Å². The molecular formula is C16H18BrNO4S. The molecule has 2 rings (SSSR count). The fourth-order valence-electron chi connectivity index (χ4n) is 2.09. The largest absolute Gasteiger partial charge is 0.352 e. The van der Waals surface area contributed by atoms with Gasteiger partial charge in [0.25, 0.3) is 10.0 Å². The van der Waals surface area contributed by atoms with E-state index in [0.29, 0.717) is 11.3 Å². The molecule has 0 aliphatic heterocycles. The van der Waals surface area contributed by atoms with Crippen LogP contribution < -0.4 is 4.72 Å². The van der Waals surface area contributed by atoms with Gasteiger partial charge in [0, 0.05) is 24.3 Å². The van der Waals surface area contributed by atoms with E-state index in [-0.39, 0.29) is 4.90 Å². The van der Waals surface area contributed by atoms with Gasteiger partial charge >= 0.3 is 0 Å². The van der Waals surface area contributed by atoms with Crippen LogP contribution in [0.15, 0.2) is 51.8 Å². The van der Waals surface area contributed by atoms with Gasteiger partial charge in [-0.1, -0.05) is 33.6 Å². The van der Waals surface area contributed by atoms with Gasteiger partial charge in [-0.15, -0.1) is 0 Å². The predicted molar refractivity (Wildman–Crippen MR) is 92.9 cm³/mol. The molecule has 0 fully saturated rings. The van der Waals surface area contributed by atoms with Crippen LogP contribution in [-0.4, -0.2) is 22.6 Å². The Bertz CT molecular complexity index is 771. The summed E-state index contributed by atoms with van der Waals surface area (Å²) in [5.41, 5.74) is 1.98. The molecule has 0 unspecified atom stereocenters. The molecule has 0 amide bonds. The highest BCUT2D eigenvalue weighted by Gasteiger charge is 2.20. The first-order valence-electron chi connectivity index (χ1n) is 6.82. The number of nitrogens with one attached hydrogen (secondary N) is 1. The second-order valence-electron chi connectivity index (χ2n) is 4.95. The average Bonchev–Trinajstić information content (AvgIpc) is 2.51. The molecule has 0 saturated heterocycles. The highest BCUT2D eigenvalue weighted by molar-refractivity contribution is 9.10. The van der Waals surface area contributed by atoms with E-state index in [4.69, 9.17) is 9.47 Å². The van der Waals surface area contributed by atoms with Crippen molar-refractivity contribution < 1.29 is 17.9 Å². The van der Waals surface area contributed by atoms with Crippen molar-refractivity contribution in [2.75, 3.05) is 18.9 Å². The molecular weight excluding hydrogens is 382 g/mol. The number of methoxy groups -OCH3 is 2. The summed E-state index contributed by atoms with van der Waals surface area (Å²) >= 11 is 3.37. The molecule has 0 aromatic heterocycles. The molecule has 0 spiro atoms. The highest BCUT2D eigenvalue weighted by atomic mass is 79.9. The van der Waals surface area contributed by atoms with Crippen LogP contribution in [0.1, 0.15) is 17.4 Å². The van der Waals surface area contributed by atoms with Crippen molar-refractivity contribution in [3.63, 3.8) is 0 Å². The SMILES string of the molecule is COC(OC)c1cc(Br)ccc1NS(=O)(=O)c1ccc(C)cc1. The van der Waals surface area contributed by atoms with E-state index in [2.05, 4.69) is 20.7 Å². The molecule has 2 aromatic rings. The minimum Gasteiger partial charge on any atom is -0.352 e. The van der Waals surface area contributed by atoms with Crippen LogP contribution in [0.2, 0.25) is 0 Å². The Balaban J connectivity index is 2.41. The van der Waals surface area contributed by atoms with Crippen molar-refractivity contribution >= 4 is 31.6 Å². The summed E-state index contributed by atoms with van der Waals surface area (Å²) in [5.74, 6) is 0. The Morgan fingerprint density at radius 2 is 1.65 bits per heavy atom. The standard InChI is InChI=1S/C16H18BrNO4S/c1-11-4-7-13(8-5-11)23(19,20)18-15-9-6-12(17)10-14(15)16(21-2)22-3/h4-10,16,18H,1-3H3. The van der Waals surface area contributed by atoms with Crippen molar-refractivity contribution in [2.24, 2.45) is 0 Å². The van der Waals surface area contributed by atoms with Crippen molar-refractivity contribution in [1.82, 2.24) is 0 Å². The van der Waals surface area contributed by atoms with Crippen molar-refractivity contribution in [2.45, 2.75) is 18.1 Å². The summed E-state index contributed by atoms with van der Waals surface area (Å²) in [6, 6.07) is 11.8. The summed E-state index contributed by atoms with van der Waals surface area (Å²) in [6.07, 6.45) is -0.678. The minimum atomic E-state index is -3.69. The first kappa shape index (κ1) is 17.9. The van der Waals surface area contributed by atoms with Gasteiger partial charge in [-0.2, -0.15) is 0 Å². The Kier molecular flexibility index (Phi) is 5.80. The van der Waals surface area contributed by atoms with E-state index in [1.165, 1.54) is 14.2 Å². The van der Waals surface area contributed by atoms with Crippen LogP contribution in [0.3, 0.4) is 0 Å². The molecule has 0 saturated carbocycles. The summed E-state index contributed by atoms with van der Waals surface area (Å²) in [6.45, 7) is 1.90. The molecule has 124 valence electrons. The zero-order valence-corrected chi connectivity index (χ0v) is 15.4. The number of rotatable bonds is 6. The van der Waals surface area contributed by atoms with Gasteiger partial charge in [-0.05, 0) is 37.3 Å². The third kappa shape index (κ3) is 4.32. The number of hydrogen-bond donors (Lipinski definition) is 1. The summed E-state index contributed by atoms with van der Waals surface area (Å²) in [5, 5.41) is 0. The highest BCUT2D eigenvalue weighted by Crippen LogP contribution is 2.30. The summed E-state index contributed by atoms with van der Waals surface area (Å²) in [4.78, 5) is 0.198. The van der Waals surface area contributed by atoms with E-state index >= 15 is 0 Å². The van der Waals surface area contributed by atoms with E-state index in [9.17, 15) is 8.42 Å². The number of benzene rings is 2. The minimum absolute atomic E-state index is 0.198. The lowest BCUT2D eigenvalue weighted by atomic mass is 10.2. The molecule has 0 radical (unpaired) electrons. The molecule has 7 heteroatoms. The predicted octanol–water partition coefficient (Wildman–Crippen LogP) is 3.85. The Labute approximate surface area is 144 Å². The Hall–Kier alpha value is -1.41. The molecule has 1 N–H and O–H groups in total. The first-order valence-corrected chi connectivity index (χ1v) is 9.09. The van der Waals surface area contributed by atoms with Gasteiger partial charge < -0.3 is 9.47 Å². The molecule has 5 nitrogen and oxygen atoms in total. The molecule has 0 atom stereocenters.